The Kier molecular flexibility index (Phi) is 2.89. The molecule has 0 amide bonds. The molecule has 0 radical (unpaired) electrons. The monoisotopic (exact) mass is 270 g/mol. The quantitative estimate of drug-likeness (QED) is 0.745. The average Bonchev–Trinajstić information content (AvgIpc) is 2.59. The van der Waals surface area contributed by atoms with E-state index in [-0.39, 0.29) is 11.2 Å². The van der Waals surface area contributed by atoms with Crippen LogP contribution in [0.1, 0.15) is 33.3 Å². The van der Waals surface area contributed by atoms with Crippen molar-refractivity contribution < 1.29 is 9.31 Å². The highest BCUT2D eigenvalue weighted by Crippen LogP contribution is 2.36. The van der Waals surface area contributed by atoms with Crippen molar-refractivity contribution in [2.45, 2.75) is 45.8 Å². The fourth-order valence-electron chi connectivity index (χ4n) is 2.37. The molecule has 0 atom stereocenters. The Labute approximate surface area is 119 Å². The van der Waals surface area contributed by atoms with Crippen LogP contribution in [-0.2, 0) is 9.31 Å². The van der Waals surface area contributed by atoms with Crippen molar-refractivity contribution in [3.63, 3.8) is 0 Å². The van der Waals surface area contributed by atoms with Crippen molar-refractivity contribution in [3.8, 4) is 0 Å². The fourth-order valence-corrected chi connectivity index (χ4v) is 2.37. The molecule has 0 saturated carbocycles. The van der Waals surface area contributed by atoms with Gasteiger partial charge in [0.2, 0.25) is 0 Å². The highest BCUT2D eigenvalue weighted by Gasteiger charge is 2.52. The summed E-state index contributed by atoms with van der Waals surface area (Å²) in [6.45, 7) is 10.2. The maximum absolute atomic E-state index is 6.11. The van der Waals surface area contributed by atoms with Crippen molar-refractivity contribution >= 4 is 23.6 Å². The lowest BCUT2D eigenvalue weighted by Crippen LogP contribution is -2.41. The Morgan fingerprint density at radius 3 is 2.05 bits per heavy atom. The first kappa shape index (κ1) is 13.5. The first-order valence-electron chi connectivity index (χ1n) is 6.88. The molecule has 1 fully saturated rings. The van der Waals surface area contributed by atoms with E-state index in [1.54, 1.807) is 12.4 Å². The minimum Gasteiger partial charge on any atom is -0.399 e. The topological polar surface area (TPSA) is 44.2 Å². The highest BCUT2D eigenvalue weighted by atomic mass is 16.7. The van der Waals surface area contributed by atoms with Gasteiger partial charge in [0, 0.05) is 17.9 Å². The molecule has 1 aromatic carbocycles. The van der Waals surface area contributed by atoms with Gasteiger partial charge in [-0.15, -0.1) is 0 Å². The molecule has 0 aliphatic carbocycles. The van der Waals surface area contributed by atoms with Gasteiger partial charge in [0.05, 0.1) is 22.2 Å². The number of aromatic nitrogens is 2. The molecular formula is C15H19BN2O2. The standard InChI is InChI=1S/C15H19BN2O2/c1-10-6-7-11(13-12(10)17-8-9-18-13)16-19-14(2,3)15(4,5)20-16/h6-9H,1-5H3. The molecule has 1 aliphatic heterocycles. The van der Waals surface area contributed by atoms with Crippen LogP contribution < -0.4 is 5.46 Å². The summed E-state index contributed by atoms with van der Waals surface area (Å²) >= 11 is 0. The molecule has 2 aromatic rings. The van der Waals surface area contributed by atoms with Gasteiger partial charge in [-0.05, 0) is 40.2 Å². The Hall–Kier alpha value is -1.46. The van der Waals surface area contributed by atoms with Crippen LogP contribution in [0.5, 0.6) is 0 Å². The minimum absolute atomic E-state index is 0.350. The van der Waals surface area contributed by atoms with Crippen LogP contribution in [0.15, 0.2) is 24.5 Å². The third-order valence-corrected chi connectivity index (χ3v) is 4.37. The van der Waals surface area contributed by atoms with Crippen molar-refractivity contribution in [1.29, 1.82) is 0 Å². The zero-order valence-electron chi connectivity index (χ0n) is 12.6. The first-order valence-corrected chi connectivity index (χ1v) is 6.88. The lowest BCUT2D eigenvalue weighted by Gasteiger charge is -2.32. The zero-order chi connectivity index (χ0) is 14.5. The average molecular weight is 270 g/mol. The molecule has 4 nitrogen and oxygen atoms in total. The molecule has 20 heavy (non-hydrogen) atoms. The second kappa shape index (κ2) is 4.27. The summed E-state index contributed by atoms with van der Waals surface area (Å²) in [5.41, 5.74) is 3.10. The summed E-state index contributed by atoms with van der Waals surface area (Å²) in [4.78, 5) is 8.87. The summed E-state index contributed by atoms with van der Waals surface area (Å²) in [6.07, 6.45) is 3.42. The number of aryl methyl sites for hydroxylation is 1. The van der Waals surface area contributed by atoms with E-state index in [4.69, 9.17) is 9.31 Å². The summed E-state index contributed by atoms with van der Waals surface area (Å²) in [5.74, 6) is 0. The Morgan fingerprint density at radius 1 is 0.900 bits per heavy atom. The zero-order valence-corrected chi connectivity index (χ0v) is 12.6. The van der Waals surface area contributed by atoms with E-state index < -0.39 is 7.12 Å². The second-order valence-electron chi connectivity index (χ2n) is 6.31. The van der Waals surface area contributed by atoms with Gasteiger partial charge < -0.3 is 9.31 Å². The maximum Gasteiger partial charge on any atom is 0.497 e. The van der Waals surface area contributed by atoms with Crippen molar-refractivity contribution in [3.05, 3.63) is 30.1 Å². The molecule has 1 aliphatic rings. The molecule has 0 N–H and O–H groups in total. The van der Waals surface area contributed by atoms with Gasteiger partial charge >= 0.3 is 7.12 Å². The van der Waals surface area contributed by atoms with E-state index in [0.29, 0.717) is 0 Å². The molecule has 104 valence electrons. The summed E-state index contributed by atoms with van der Waals surface area (Å²) in [6, 6.07) is 4.06. The van der Waals surface area contributed by atoms with E-state index in [0.717, 1.165) is 22.1 Å². The van der Waals surface area contributed by atoms with Gasteiger partial charge in [0.15, 0.2) is 0 Å². The number of rotatable bonds is 1. The van der Waals surface area contributed by atoms with Gasteiger partial charge in [-0.3, -0.25) is 9.97 Å². The SMILES string of the molecule is Cc1ccc(B2OC(C)(C)C(C)(C)O2)c2nccnc12. The number of nitrogens with zero attached hydrogens (tertiary/aromatic N) is 2. The summed E-state index contributed by atoms with van der Waals surface area (Å²) in [5, 5.41) is 0. The van der Waals surface area contributed by atoms with Crippen molar-refractivity contribution in [1.82, 2.24) is 9.97 Å². The molecule has 1 saturated heterocycles. The van der Waals surface area contributed by atoms with E-state index in [2.05, 4.69) is 37.7 Å². The third-order valence-electron chi connectivity index (χ3n) is 4.37. The molecule has 0 unspecified atom stereocenters. The molecule has 0 spiro atoms. The van der Waals surface area contributed by atoms with Crippen LogP contribution in [0.25, 0.3) is 11.0 Å². The van der Waals surface area contributed by atoms with Crippen molar-refractivity contribution in [2.75, 3.05) is 0 Å². The van der Waals surface area contributed by atoms with Gasteiger partial charge in [-0.2, -0.15) is 0 Å². The Balaban J connectivity index is 2.11. The lowest BCUT2D eigenvalue weighted by molar-refractivity contribution is 0.00578. The molecule has 1 aromatic heterocycles. The Bertz CT molecular complexity index is 654. The number of hydrogen-bond acceptors (Lipinski definition) is 4. The van der Waals surface area contributed by atoms with Gasteiger partial charge in [0.25, 0.3) is 0 Å². The Morgan fingerprint density at radius 2 is 1.45 bits per heavy atom. The molecular weight excluding hydrogens is 251 g/mol. The van der Waals surface area contributed by atoms with Gasteiger partial charge in [0.1, 0.15) is 0 Å². The number of fused-ring (bicyclic) bond motifs is 1. The number of benzene rings is 1. The molecule has 0 bridgehead atoms. The smallest absolute Gasteiger partial charge is 0.399 e. The lowest BCUT2D eigenvalue weighted by atomic mass is 9.77. The third kappa shape index (κ3) is 1.93. The predicted octanol–water partition coefficient (Wildman–Crippen LogP) is 2.24. The van der Waals surface area contributed by atoms with Gasteiger partial charge in [-0.25, -0.2) is 0 Å². The molecule has 3 rings (SSSR count). The van der Waals surface area contributed by atoms with E-state index in [1.165, 1.54) is 0 Å². The van der Waals surface area contributed by atoms with Crippen LogP contribution in [0.2, 0.25) is 0 Å². The fraction of sp³-hybridized carbons (Fsp3) is 0.467. The highest BCUT2D eigenvalue weighted by molar-refractivity contribution is 6.64. The van der Waals surface area contributed by atoms with Crippen LogP contribution in [0.4, 0.5) is 0 Å². The van der Waals surface area contributed by atoms with Crippen LogP contribution >= 0.6 is 0 Å². The minimum atomic E-state index is -0.403. The first-order chi connectivity index (χ1) is 9.32. The van der Waals surface area contributed by atoms with E-state index in [9.17, 15) is 0 Å². The van der Waals surface area contributed by atoms with Crippen LogP contribution in [-0.4, -0.2) is 28.3 Å². The summed E-state index contributed by atoms with van der Waals surface area (Å²) in [7, 11) is -0.403. The predicted molar refractivity (Wildman–Crippen MR) is 80.0 cm³/mol. The van der Waals surface area contributed by atoms with E-state index in [1.807, 2.05) is 19.1 Å². The second-order valence-corrected chi connectivity index (χ2v) is 6.31. The largest absolute Gasteiger partial charge is 0.497 e. The molecule has 2 heterocycles. The van der Waals surface area contributed by atoms with Crippen molar-refractivity contribution in [2.24, 2.45) is 0 Å². The molecule has 5 heteroatoms. The maximum atomic E-state index is 6.11. The van der Waals surface area contributed by atoms with Gasteiger partial charge in [-0.1, -0.05) is 12.1 Å². The van der Waals surface area contributed by atoms with E-state index >= 15 is 0 Å². The van der Waals surface area contributed by atoms with Crippen LogP contribution in [0, 0.1) is 6.92 Å². The summed E-state index contributed by atoms with van der Waals surface area (Å²) < 4.78 is 12.2. The number of hydrogen-bond donors (Lipinski definition) is 0. The van der Waals surface area contributed by atoms with Crippen LogP contribution in [0.3, 0.4) is 0 Å². The normalized spacial score (nSPS) is 20.6.